The molecule has 2 nitrogen and oxygen atoms in total. The number of benzene rings is 2. The van der Waals surface area contributed by atoms with Crippen molar-refractivity contribution in [2.24, 2.45) is 0 Å². The van der Waals surface area contributed by atoms with Crippen molar-refractivity contribution in [1.29, 1.82) is 0 Å². The van der Waals surface area contributed by atoms with Gasteiger partial charge in [0.05, 0.1) is 6.10 Å². The fraction of sp³-hybridized carbons (Fsp3) is 0.538. The lowest BCUT2D eigenvalue weighted by atomic mass is 10.0. The van der Waals surface area contributed by atoms with Crippen LogP contribution in [0.3, 0.4) is 0 Å². The minimum atomic E-state index is -0.395. The van der Waals surface area contributed by atoms with E-state index in [-0.39, 0.29) is 0 Å². The van der Waals surface area contributed by atoms with Gasteiger partial charge in [-0.15, -0.1) is 0 Å². The van der Waals surface area contributed by atoms with E-state index < -0.39 is 6.10 Å². The summed E-state index contributed by atoms with van der Waals surface area (Å²) in [5, 5.41) is 10.3. The van der Waals surface area contributed by atoms with Crippen LogP contribution in [0.1, 0.15) is 77.6 Å². The Kier molecular flexibility index (Phi) is 12.4. The van der Waals surface area contributed by atoms with E-state index in [2.05, 4.69) is 59.8 Å². The molecule has 1 unspecified atom stereocenters. The zero-order chi connectivity index (χ0) is 20.7. The van der Waals surface area contributed by atoms with Crippen LogP contribution in [-0.2, 0) is 0 Å². The molecular formula is C26H37IO2. The molecule has 0 spiro atoms. The Morgan fingerprint density at radius 1 is 0.793 bits per heavy atom. The first-order valence-electron chi connectivity index (χ1n) is 11.4. The standard InChI is InChI=1S/C26H37IO2/c1-2-3-4-5-6-7-8-9-10-11-14-24(28)21-29-26-16-13-12-15-25(26)22-17-19-23(27)20-18-22/h12-13,15-20,24,28H,2-11,14,21H2,1H3. The predicted octanol–water partition coefficient (Wildman–Crippen LogP) is 8.01. The van der Waals surface area contributed by atoms with Gasteiger partial charge in [-0.05, 0) is 52.8 Å². The molecule has 2 aromatic rings. The van der Waals surface area contributed by atoms with Crippen molar-refractivity contribution in [3.05, 3.63) is 52.1 Å². The van der Waals surface area contributed by atoms with Crippen molar-refractivity contribution in [3.63, 3.8) is 0 Å². The number of para-hydroxylation sites is 1. The third kappa shape index (κ3) is 9.99. The minimum Gasteiger partial charge on any atom is -0.490 e. The smallest absolute Gasteiger partial charge is 0.127 e. The number of hydrogen-bond acceptors (Lipinski definition) is 2. The van der Waals surface area contributed by atoms with Gasteiger partial charge >= 0.3 is 0 Å². The quantitative estimate of drug-likeness (QED) is 0.195. The van der Waals surface area contributed by atoms with E-state index in [4.69, 9.17) is 4.74 Å². The number of unbranched alkanes of at least 4 members (excludes halogenated alkanes) is 9. The largest absolute Gasteiger partial charge is 0.490 e. The highest BCUT2D eigenvalue weighted by Gasteiger charge is 2.09. The molecule has 0 aliphatic rings. The monoisotopic (exact) mass is 508 g/mol. The van der Waals surface area contributed by atoms with Crippen LogP contribution in [0.25, 0.3) is 11.1 Å². The van der Waals surface area contributed by atoms with Crippen LogP contribution >= 0.6 is 22.6 Å². The summed E-state index contributed by atoms with van der Waals surface area (Å²) in [6, 6.07) is 16.5. The fourth-order valence-corrected chi connectivity index (χ4v) is 3.96. The van der Waals surface area contributed by atoms with E-state index >= 15 is 0 Å². The molecule has 160 valence electrons. The Bertz CT molecular complexity index is 669. The summed E-state index contributed by atoms with van der Waals surface area (Å²) in [4.78, 5) is 0. The molecule has 0 amide bonds. The molecule has 29 heavy (non-hydrogen) atoms. The molecule has 0 fully saturated rings. The first-order valence-corrected chi connectivity index (χ1v) is 12.4. The Hall–Kier alpha value is -1.07. The highest BCUT2D eigenvalue weighted by molar-refractivity contribution is 14.1. The van der Waals surface area contributed by atoms with Gasteiger partial charge < -0.3 is 9.84 Å². The van der Waals surface area contributed by atoms with Gasteiger partial charge in [-0.3, -0.25) is 0 Å². The maximum atomic E-state index is 10.3. The second kappa shape index (κ2) is 14.8. The lowest BCUT2D eigenvalue weighted by Gasteiger charge is -2.15. The summed E-state index contributed by atoms with van der Waals surface area (Å²) in [5.41, 5.74) is 2.22. The Morgan fingerprint density at radius 2 is 1.38 bits per heavy atom. The normalized spacial score (nSPS) is 12.1. The van der Waals surface area contributed by atoms with Gasteiger partial charge in [-0.25, -0.2) is 0 Å². The molecule has 1 N–H and O–H groups in total. The van der Waals surface area contributed by atoms with Gasteiger partial charge in [0.1, 0.15) is 12.4 Å². The molecule has 0 saturated carbocycles. The zero-order valence-corrected chi connectivity index (χ0v) is 20.1. The van der Waals surface area contributed by atoms with Crippen molar-refractivity contribution in [2.75, 3.05) is 6.61 Å². The topological polar surface area (TPSA) is 29.5 Å². The molecular weight excluding hydrogens is 471 g/mol. The van der Waals surface area contributed by atoms with Gasteiger partial charge in [0.2, 0.25) is 0 Å². The first-order chi connectivity index (χ1) is 14.2. The number of aliphatic hydroxyl groups is 1. The molecule has 3 heteroatoms. The zero-order valence-electron chi connectivity index (χ0n) is 17.9. The van der Waals surface area contributed by atoms with Gasteiger partial charge in [-0.1, -0.05) is 101 Å². The molecule has 0 aliphatic carbocycles. The number of ether oxygens (including phenoxy) is 1. The second-order valence-electron chi connectivity index (χ2n) is 7.94. The maximum absolute atomic E-state index is 10.3. The lowest BCUT2D eigenvalue weighted by molar-refractivity contribution is 0.0977. The summed E-state index contributed by atoms with van der Waals surface area (Å²) in [6.07, 6.45) is 13.6. The summed E-state index contributed by atoms with van der Waals surface area (Å²) in [6.45, 7) is 2.63. The van der Waals surface area contributed by atoms with Crippen molar-refractivity contribution in [1.82, 2.24) is 0 Å². The summed E-state index contributed by atoms with van der Waals surface area (Å²) < 4.78 is 7.19. The highest BCUT2D eigenvalue weighted by atomic mass is 127. The van der Waals surface area contributed by atoms with Gasteiger partial charge in [0.15, 0.2) is 0 Å². The molecule has 0 saturated heterocycles. The molecule has 0 aromatic heterocycles. The maximum Gasteiger partial charge on any atom is 0.127 e. The van der Waals surface area contributed by atoms with Crippen LogP contribution in [0, 0.1) is 3.57 Å². The van der Waals surface area contributed by atoms with Crippen LogP contribution in [0.15, 0.2) is 48.5 Å². The van der Waals surface area contributed by atoms with Crippen LogP contribution in [0.4, 0.5) is 0 Å². The molecule has 0 bridgehead atoms. The fourth-order valence-electron chi connectivity index (χ4n) is 3.60. The third-order valence-corrected chi connectivity index (χ3v) is 6.08. The van der Waals surface area contributed by atoms with E-state index in [9.17, 15) is 5.11 Å². The van der Waals surface area contributed by atoms with Crippen molar-refractivity contribution in [2.45, 2.75) is 83.7 Å². The van der Waals surface area contributed by atoms with E-state index in [1.54, 1.807) is 0 Å². The average Bonchev–Trinajstić information content (AvgIpc) is 2.74. The molecule has 0 aliphatic heterocycles. The molecule has 0 heterocycles. The summed E-state index contributed by atoms with van der Waals surface area (Å²) in [7, 11) is 0. The summed E-state index contributed by atoms with van der Waals surface area (Å²) in [5.74, 6) is 0.843. The average molecular weight is 508 g/mol. The number of aliphatic hydroxyl groups excluding tert-OH is 1. The molecule has 2 aromatic carbocycles. The van der Waals surface area contributed by atoms with E-state index in [0.717, 1.165) is 29.7 Å². The lowest BCUT2D eigenvalue weighted by Crippen LogP contribution is -2.17. The highest BCUT2D eigenvalue weighted by Crippen LogP contribution is 2.30. The van der Waals surface area contributed by atoms with Crippen LogP contribution in [-0.4, -0.2) is 17.8 Å². The van der Waals surface area contributed by atoms with Crippen molar-refractivity contribution < 1.29 is 9.84 Å². The Labute approximate surface area is 191 Å². The van der Waals surface area contributed by atoms with Gasteiger partial charge in [-0.2, -0.15) is 0 Å². The predicted molar refractivity (Wildman–Crippen MR) is 133 cm³/mol. The third-order valence-electron chi connectivity index (χ3n) is 5.36. The van der Waals surface area contributed by atoms with Crippen LogP contribution < -0.4 is 4.74 Å². The molecule has 2 rings (SSSR count). The van der Waals surface area contributed by atoms with E-state index in [1.807, 2.05) is 18.2 Å². The second-order valence-corrected chi connectivity index (χ2v) is 9.18. The number of halogens is 1. The first kappa shape index (κ1) is 24.2. The Morgan fingerprint density at radius 3 is 2.03 bits per heavy atom. The van der Waals surface area contributed by atoms with Gasteiger partial charge in [0.25, 0.3) is 0 Å². The van der Waals surface area contributed by atoms with Crippen molar-refractivity contribution >= 4 is 22.6 Å². The van der Waals surface area contributed by atoms with E-state index in [0.29, 0.717) is 6.61 Å². The van der Waals surface area contributed by atoms with Gasteiger partial charge in [0, 0.05) is 9.13 Å². The minimum absolute atomic E-state index is 0.360. The van der Waals surface area contributed by atoms with Crippen LogP contribution in [0.5, 0.6) is 5.75 Å². The SMILES string of the molecule is CCCCCCCCCCCCC(O)COc1ccccc1-c1ccc(I)cc1. The Balaban J connectivity index is 1.62. The van der Waals surface area contributed by atoms with Crippen LogP contribution in [0.2, 0.25) is 0 Å². The molecule has 0 radical (unpaired) electrons. The molecule has 1 atom stereocenters. The summed E-state index contributed by atoms with van der Waals surface area (Å²) >= 11 is 2.31. The van der Waals surface area contributed by atoms with E-state index in [1.165, 1.54) is 61.4 Å². The van der Waals surface area contributed by atoms with Crippen molar-refractivity contribution in [3.8, 4) is 16.9 Å². The number of hydrogen-bond donors (Lipinski definition) is 1. The number of rotatable bonds is 15.